The Kier molecular flexibility index (Phi) is 4.08. The molecule has 0 bridgehead atoms. The summed E-state index contributed by atoms with van der Waals surface area (Å²) in [6.45, 7) is 4.33. The summed E-state index contributed by atoms with van der Waals surface area (Å²) in [5.74, 6) is 1.53. The van der Waals surface area contributed by atoms with Crippen LogP contribution in [-0.4, -0.2) is 28.3 Å². The van der Waals surface area contributed by atoms with Gasteiger partial charge in [-0.05, 0) is 31.5 Å². The molecule has 3 rings (SSSR count). The molecule has 1 atom stereocenters. The third-order valence-corrected chi connectivity index (χ3v) is 5.34. The van der Waals surface area contributed by atoms with E-state index in [2.05, 4.69) is 33.2 Å². The van der Waals surface area contributed by atoms with Gasteiger partial charge in [0, 0.05) is 16.8 Å². The van der Waals surface area contributed by atoms with Crippen molar-refractivity contribution in [2.75, 3.05) is 12.3 Å². The van der Waals surface area contributed by atoms with Crippen molar-refractivity contribution < 1.29 is 9.32 Å². The number of carbonyl (C=O) groups is 1. The standard InChI is InChI=1S/C15H15BrN2O2S/c1-9-13(10(2)20-17-9)14(19)18-7-8-21-15(18)11-3-5-12(16)6-4-11/h3-6,15H,7-8H2,1-2H3. The Hall–Kier alpha value is -1.27. The van der Waals surface area contributed by atoms with Crippen LogP contribution in [-0.2, 0) is 0 Å². The van der Waals surface area contributed by atoms with E-state index in [-0.39, 0.29) is 11.3 Å². The summed E-state index contributed by atoms with van der Waals surface area (Å²) >= 11 is 5.23. The van der Waals surface area contributed by atoms with E-state index in [9.17, 15) is 4.79 Å². The predicted octanol–water partition coefficient (Wildman–Crippen LogP) is 3.94. The van der Waals surface area contributed by atoms with Crippen LogP contribution in [0.3, 0.4) is 0 Å². The van der Waals surface area contributed by atoms with Gasteiger partial charge in [0.15, 0.2) is 0 Å². The monoisotopic (exact) mass is 366 g/mol. The quantitative estimate of drug-likeness (QED) is 0.807. The number of carbonyl (C=O) groups excluding carboxylic acids is 1. The number of benzene rings is 1. The summed E-state index contributed by atoms with van der Waals surface area (Å²) in [5, 5.41) is 3.94. The Morgan fingerprint density at radius 1 is 1.38 bits per heavy atom. The zero-order chi connectivity index (χ0) is 15.0. The minimum Gasteiger partial charge on any atom is -0.361 e. The number of halogens is 1. The highest BCUT2D eigenvalue weighted by molar-refractivity contribution is 9.10. The van der Waals surface area contributed by atoms with Crippen molar-refractivity contribution in [2.24, 2.45) is 0 Å². The number of rotatable bonds is 2. The second kappa shape index (κ2) is 5.85. The minimum atomic E-state index is 0.00386. The molecule has 0 saturated carbocycles. The molecule has 110 valence electrons. The van der Waals surface area contributed by atoms with E-state index in [0.29, 0.717) is 17.0 Å². The maximum atomic E-state index is 12.8. The first-order valence-corrected chi connectivity index (χ1v) is 8.53. The summed E-state index contributed by atoms with van der Waals surface area (Å²) < 4.78 is 6.16. The van der Waals surface area contributed by atoms with Gasteiger partial charge in [-0.15, -0.1) is 11.8 Å². The van der Waals surface area contributed by atoms with Gasteiger partial charge in [-0.2, -0.15) is 0 Å². The molecular weight excluding hydrogens is 352 g/mol. The van der Waals surface area contributed by atoms with Gasteiger partial charge < -0.3 is 9.42 Å². The average Bonchev–Trinajstić information content (AvgIpc) is 3.07. The van der Waals surface area contributed by atoms with Crippen molar-refractivity contribution in [3.05, 3.63) is 51.3 Å². The first-order valence-electron chi connectivity index (χ1n) is 6.69. The van der Waals surface area contributed by atoms with Gasteiger partial charge in [0.05, 0.1) is 5.69 Å². The van der Waals surface area contributed by atoms with Crippen LogP contribution in [0.1, 0.15) is 32.7 Å². The molecule has 4 nitrogen and oxygen atoms in total. The maximum absolute atomic E-state index is 12.8. The normalized spacial score (nSPS) is 18.2. The number of amides is 1. The fourth-order valence-corrected chi connectivity index (χ4v) is 4.03. The molecule has 0 aliphatic carbocycles. The Balaban J connectivity index is 1.90. The summed E-state index contributed by atoms with van der Waals surface area (Å²) in [4.78, 5) is 14.7. The average molecular weight is 367 g/mol. The van der Waals surface area contributed by atoms with Gasteiger partial charge in [-0.1, -0.05) is 33.2 Å². The Bertz CT molecular complexity index is 649. The van der Waals surface area contributed by atoms with E-state index >= 15 is 0 Å². The van der Waals surface area contributed by atoms with Gasteiger partial charge in [0.2, 0.25) is 0 Å². The molecule has 6 heteroatoms. The zero-order valence-electron chi connectivity index (χ0n) is 11.8. The van der Waals surface area contributed by atoms with Crippen LogP contribution in [0.15, 0.2) is 33.3 Å². The first kappa shape index (κ1) is 14.7. The summed E-state index contributed by atoms with van der Waals surface area (Å²) in [6, 6.07) is 8.13. The second-order valence-electron chi connectivity index (χ2n) is 4.97. The Morgan fingerprint density at radius 2 is 2.10 bits per heavy atom. The largest absolute Gasteiger partial charge is 0.361 e. The number of aromatic nitrogens is 1. The molecule has 1 aliphatic heterocycles. The van der Waals surface area contributed by atoms with E-state index in [4.69, 9.17) is 4.52 Å². The lowest BCUT2D eigenvalue weighted by molar-refractivity contribution is 0.0758. The lowest BCUT2D eigenvalue weighted by Crippen LogP contribution is -2.31. The highest BCUT2D eigenvalue weighted by Gasteiger charge is 2.33. The van der Waals surface area contributed by atoms with Gasteiger partial charge in [-0.25, -0.2) is 0 Å². The number of hydrogen-bond donors (Lipinski definition) is 0. The van der Waals surface area contributed by atoms with Crippen LogP contribution in [0.25, 0.3) is 0 Å². The highest BCUT2D eigenvalue weighted by Crippen LogP contribution is 2.39. The number of hydrogen-bond acceptors (Lipinski definition) is 4. The van der Waals surface area contributed by atoms with Gasteiger partial charge in [0.1, 0.15) is 16.7 Å². The number of thioether (sulfide) groups is 1. The van der Waals surface area contributed by atoms with Crippen LogP contribution < -0.4 is 0 Å². The molecule has 0 N–H and O–H groups in total. The van der Waals surface area contributed by atoms with E-state index in [0.717, 1.165) is 22.3 Å². The van der Waals surface area contributed by atoms with Crippen molar-refractivity contribution in [3.63, 3.8) is 0 Å². The second-order valence-corrected chi connectivity index (χ2v) is 7.08. The van der Waals surface area contributed by atoms with Crippen molar-refractivity contribution >= 4 is 33.6 Å². The van der Waals surface area contributed by atoms with Crippen LogP contribution in [0.5, 0.6) is 0 Å². The lowest BCUT2D eigenvalue weighted by Gasteiger charge is -2.24. The van der Waals surface area contributed by atoms with Crippen LogP contribution >= 0.6 is 27.7 Å². The lowest BCUT2D eigenvalue weighted by atomic mass is 10.1. The van der Waals surface area contributed by atoms with Gasteiger partial charge in [-0.3, -0.25) is 4.79 Å². The van der Waals surface area contributed by atoms with Crippen molar-refractivity contribution in [1.29, 1.82) is 0 Å². The minimum absolute atomic E-state index is 0.00386. The van der Waals surface area contributed by atoms with Gasteiger partial charge in [0.25, 0.3) is 5.91 Å². The van der Waals surface area contributed by atoms with Crippen molar-refractivity contribution in [1.82, 2.24) is 10.1 Å². The molecule has 2 aromatic rings. The van der Waals surface area contributed by atoms with Crippen LogP contribution in [0.4, 0.5) is 0 Å². The summed E-state index contributed by atoms with van der Waals surface area (Å²) in [7, 11) is 0. The fourth-order valence-electron chi connectivity index (χ4n) is 2.51. The molecule has 1 aromatic heterocycles. The zero-order valence-corrected chi connectivity index (χ0v) is 14.2. The SMILES string of the molecule is Cc1noc(C)c1C(=O)N1CCSC1c1ccc(Br)cc1. The van der Waals surface area contributed by atoms with Crippen LogP contribution in [0, 0.1) is 13.8 Å². The molecule has 1 unspecified atom stereocenters. The van der Waals surface area contributed by atoms with Crippen molar-refractivity contribution in [3.8, 4) is 0 Å². The molecule has 1 fully saturated rings. The number of aryl methyl sites for hydroxylation is 2. The third-order valence-electron chi connectivity index (χ3n) is 3.55. The predicted molar refractivity (Wildman–Crippen MR) is 86.4 cm³/mol. The van der Waals surface area contributed by atoms with E-state index < -0.39 is 0 Å². The third kappa shape index (κ3) is 2.74. The summed E-state index contributed by atoms with van der Waals surface area (Å²) in [6.07, 6.45) is 0. The Morgan fingerprint density at radius 3 is 2.71 bits per heavy atom. The van der Waals surface area contributed by atoms with E-state index in [1.165, 1.54) is 0 Å². The first-order chi connectivity index (χ1) is 10.1. The number of nitrogens with zero attached hydrogens (tertiary/aromatic N) is 2. The van der Waals surface area contributed by atoms with Gasteiger partial charge >= 0.3 is 0 Å². The molecule has 1 amide bonds. The Labute approximate surface area is 136 Å². The smallest absolute Gasteiger partial charge is 0.260 e. The molecular formula is C15H15BrN2O2S. The highest BCUT2D eigenvalue weighted by atomic mass is 79.9. The van der Waals surface area contributed by atoms with Crippen LogP contribution in [0.2, 0.25) is 0 Å². The molecule has 1 aromatic carbocycles. The van der Waals surface area contributed by atoms with Crippen molar-refractivity contribution in [2.45, 2.75) is 19.2 Å². The molecule has 2 heterocycles. The molecule has 21 heavy (non-hydrogen) atoms. The van der Waals surface area contributed by atoms with E-state index in [1.807, 2.05) is 24.0 Å². The molecule has 0 spiro atoms. The summed E-state index contributed by atoms with van der Waals surface area (Å²) in [5.41, 5.74) is 2.39. The topological polar surface area (TPSA) is 46.3 Å². The molecule has 0 radical (unpaired) electrons. The fraction of sp³-hybridized carbons (Fsp3) is 0.333. The molecule has 1 saturated heterocycles. The molecule has 1 aliphatic rings. The van der Waals surface area contributed by atoms with E-state index in [1.54, 1.807) is 18.7 Å². The maximum Gasteiger partial charge on any atom is 0.260 e.